The second kappa shape index (κ2) is 31.5. The molecular formula is C48H79NO9. The van der Waals surface area contributed by atoms with Gasteiger partial charge in [-0.25, -0.2) is 0 Å². The zero-order valence-electron chi connectivity index (χ0n) is 35.7. The topological polar surface area (TPSA) is 158 Å². The molecule has 0 radical (unpaired) electrons. The Hall–Kier alpha value is -2.41. The number of ether oxygens (including phenoxy) is 3. The molecule has 1 saturated heterocycles. The summed E-state index contributed by atoms with van der Waals surface area (Å²) in [4.78, 5) is 13.0. The lowest BCUT2D eigenvalue weighted by molar-refractivity contribution is -0.302. The summed E-state index contributed by atoms with van der Waals surface area (Å²) in [7, 11) is 0. The summed E-state index contributed by atoms with van der Waals surface area (Å²) in [6.07, 6.45) is 17.0. The summed E-state index contributed by atoms with van der Waals surface area (Å²) < 4.78 is 17.2. The second-order valence-electron chi connectivity index (χ2n) is 16.6. The summed E-state index contributed by atoms with van der Waals surface area (Å²) >= 11 is 0. The highest BCUT2D eigenvalue weighted by Gasteiger charge is 2.44. The third kappa shape index (κ3) is 21.2. The monoisotopic (exact) mass is 814 g/mol. The van der Waals surface area contributed by atoms with Gasteiger partial charge in [0.1, 0.15) is 24.4 Å². The first-order valence-corrected chi connectivity index (χ1v) is 22.9. The number of amides is 1. The van der Waals surface area contributed by atoms with E-state index in [0.29, 0.717) is 19.4 Å². The number of rotatable bonds is 34. The van der Waals surface area contributed by atoms with Gasteiger partial charge in [0.15, 0.2) is 6.29 Å². The zero-order valence-corrected chi connectivity index (χ0v) is 35.7. The molecule has 2 aromatic carbocycles. The number of carbonyl (C=O) groups excluding carboxylic acids is 1. The molecule has 6 N–H and O–H groups in total. The lowest BCUT2D eigenvalue weighted by Gasteiger charge is -2.40. The van der Waals surface area contributed by atoms with Crippen LogP contribution in [0.5, 0.6) is 0 Å². The van der Waals surface area contributed by atoms with E-state index in [1.165, 1.54) is 80.9 Å². The lowest BCUT2D eigenvalue weighted by atomic mass is 9.99. The number of unbranched alkanes of at least 4 members (excludes halogenated alkanes) is 18. The smallest absolute Gasteiger partial charge is 0.220 e. The Labute approximate surface area is 350 Å². The Morgan fingerprint density at radius 1 is 0.690 bits per heavy atom. The Morgan fingerprint density at radius 2 is 1.26 bits per heavy atom. The first-order chi connectivity index (χ1) is 28.3. The van der Waals surface area contributed by atoms with Crippen LogP contribution in [-0.4, -0.2) is 94.1 Å². The van der Waals surface area contributed by atoms with Crippen LogP contribution < -0.4 is 5.32 Å². The van der Waals surface area contributed by atoms with E-state index in [-0.39, 0.29) is 12.5 Å². The highest BCUT2D eigenvalue weighted by Crippen LogP contribution is 2.23. The predicted octanol–water partition coefficient (Wildman–Crippen LogP) is 8.06. The fourth-order valence-electron chi connectivity index (χ4n) is 7.73. The van der Waals surface area contributed by atoms with Crippen molar-refractivity contribution in [2.24, 2.45) is 0 Å². The van der Waals surface area contributed by atoms with Gasteiger partial charge < -0.3 is 45.1 Å². The van der Waals surface area contributed by atoms with Crippen LogP contribution in [0.3, 0.4) is 0 Å². The minimum atomic E-state index is -1.56. The van der Waals surface area contributed by atoms with Crippen molar-refractivity contribution < 1.29 is 44.5 Å². The average molecular weight is 814 g/mol. The highest BCUT2D eigenvalue weighted by atomic mass is 16.7. The molecule has 0 bridgehead atoms. The van der Waals surface area contributed by atoms with E-state index in [4.69, 9.17) is 14.2 Å². The van der Waals surface area contributed by atoms with Gasteiger partial charge in [-0.05, 0) is 42.4 Å². The molecule has 10 nitrogen and oxygen atoms in total. The molecule has 1 fully saturated rings. The number of hydrogen-bond acceptors (Lipinski definition) is 9. The van der Waals surface area contributed by atoms with Crippen LogP contribution in [-0.2, 0) is 32.0 Å². The molecule has 1 aliphatic rings. The maximum atomic E-state index is 13.0. The van der Waals surface area contributed by atoms with E-state index in [0.717, 1.165) is 77.2 Å². The molecular weight excluding hydrogens is 735 g/mol. The van der Waals surface area contributed by atoms with Crippen LogP contribution in [0, 0.1) is 0 Å². The molecule has 7 atom stereocenters. The van der Waals surface area contributed by atoms with Crippen LogP contribution in [0.1, 0.15) is 165 Å². The van der Waals surface area contributed by atoms with Gasteiger partial charge in [-0.2, -0.15) is 0 Å². The van der Waals surface area contributed by atoms with Gasteiger partial charge in [0, 0.05) is 13.0 Å². The molecule has 7 unspecified atom stereocenters. The molecule has 0 aromatic heterocycles. The maximum absolute atomic E-state index is 13.0. The SMILES string of the molecule is CCCCCCCCCCCCCCCC(O)C(COC1OC(CO)C(O)C(O)C1O)NC(=O)CCCCCCCCCOCc1cccc(Cc2ccccc2)c1. The quantitative estimate of drug-likeness (QED) is 0.0385. The van der Waals surface area contributed by atoms with Gasteiger partial charge >= 0.3 is 0 Å². The number of benzene rings is 2. The van der Waals surface area contributed by atoms with Crippen molar-refractivity contribution in [2.45, 2.75) is 204 Å². The normalized spacial score (nSPS) is 20.6. The summed E-state index contributed by atoms with van der Waals surface area (Å²) in [5.74, 6) is -0.172. The molecule has 1 heterocycles. The van der Waals surface area contributed by atoms with Crippen molar-refractivity contribution in [1.29, 1.82) is 0 Å². The molecule has 0 spiro atoms. The Morgan fingerprint density at radius 3 is 1.90 bits per heavy atom. The van der Waals surface area contributed by atoms with Crippen LogP contribution in [0.15, 0.2) is 54.6 Å². The Kier molecular flexibility index (Phi) is 27.1. The Balaban J connectivity index is 1.28. The largest absolute Gasteiger partial charge is 0.394 e. The second-order valence-corrected chi connectivity index (χ2v) is 16.6. The van der Waals surface area contributed by atoms with Gasteiger partial charge in [-0.1, -0.05) is 177 Å². The molecule has 2 aromatic rings. The van der Waals surface area contributed by atoms with Crippen LogP contribution in [0.2, 0.25) is 0 Å². The third-order valence-corrected chi connectivity index (χ3v) is 11.4. The first kappa shape index (κ1) is 49.9. The van der Waals surface area contributed by atoms with Gasteiger partial charge in [-0.15, -0.1) is 0 Å². The van der Waals surface area contributed by atoms with E-state index in [9.17, 15) is 30.3 Å². The molecule has 0 aliphatic carbocycles. The maximum Gasteiger partial charge on any atom is 0.220 e. The van der Waals surface area contributed by atoms with Crippen molar-refractivity contribution in [1.82, 2.24) is 5.32 Å². The van der Waals surface area contributed by atoms with Crippen LogP contribution in [0.25, 0.3) is 0 Å². The molecule has 3 rings (SSSR count). The van der Waals surface area contributed by atoms with E-state index >= 15 is 0 Å². The molecule has 330 valence electrons. The van der Waals surface area contributed by atoms with Crippen LogP contribution >= 0.6 is 0 Å². The predicted molar refractivity (Wildman–Crippen MR) is 230 cm³/mol. The van der Waals surface area contributed by atoms with Crippen molar-refractivity contribution in [3.8, 4) is 0 Å². The Bertz CT molecular complexity index is 1300. The third-order valence-electron chi connectivity index (χ3n) is 11.4. The number of aliphatic hydroxyl groups excluding tert-OH is 5. The van der Waals surface area contributed by atoms with E-state index in [2.05, 4.69) is 60.8 Å². The fraction of sp³-hybridized carbons (Fsp3) is 0.729. The van der Waals surface area contributed by atoms with Crippen molar-refractivity contribution in [3.05, 3.63) is 71.3 Å². The van der Waals surface area contributed by atoms with Gasteiger partial charge in [0.2, 0.25) is 5.91 Å². The van der Waals surface area contributed by atoms with Crippen molar-refractivity contribution in [3.63, 3.8) is 0 Å². The average Bonchev–Trinajstić information content (AvgIpc) is 3.23. The van der Waals surface area contributed by atoms with Gasteiger partial charge in [-0.3, -0.25) is 4.79 Å². The van der Waals surface area contributed by atoms with Crippen LogP contribution in [0.4, 0.5) is 0 Å². The number of nitrogens with one attached hydrogen (secondary N) is 1. The van der Waals surface area contributed by atoms with Crippen molar-refractivity contribution in [2.75, 3.05) is 19.8 Å². The minimum Gasteiger partial charge on any atom is -0.394 e. The van der Waals surface area contributed by atoms with E-state index in [1.54, 1.807) is 0 Å². The molecule has 1 aliphatic heterocycles. The molecule has 58 heavy (non-hydrogen) atoms. The number of hydrogen-bond donors (Lipinski definition) is 6. The summed E-state index contributed by atoms with van der Waals surface area (Å²) in [6.45, 7) is 2.90. The summed E-state index contributed by atoms with van der Waals surface area (Å²) in [5.41, 5.74) is 3.80. The van der Waals surface area contributed by atoms with Crippen molar-refractivity contribution >= 4 is 5.91 Å². The van der Waals surface area contributed by atoms with E-state index in [1.807, 2.05) is 6.07 Å². The molecule has 10 heteroatoms. The summed E-state index contributed by atoms with van der Waals surface area (Å²) in [5, 5.41) is 54.4. The number of carbonyl (C=O) groups is 1. The van der Waals surface area contributed by atoms with E-state index < -0.39 is 49.5 Å². The minimum absolute atomic E-state index is 0.154. The molecule has 1 amide bonds. The van der Waals surface area contributed by atoms with Gasteiger partial charge in [0.25, 0.3) is 0 Å². The fourth-order valence-corrected chi connectivity index (χ4v) is 7.73. The highest BCUT2D eigenvalue weighted by molar-refractivity contribution is 5.76. The lowest BCUT2D eigenvalue weighted by Crippen LogP contribution is -2.60. The number of aliphatic hydroxyl groups is 5. The standard InChI is InChI=1S/C48H79NO9/c1-2-3-4-5-6-7-8-9-10-11-13-16-22-30-42(51)41(37-57-48-47(55)46(54)45(53)43(35-50)58-48)49-44(52)31-23-17-14-12-15-18-24-32-56-36-40-29-25-28-39(34-40)33-38-26-20-19-21-27-38/h19-21,25-29,34,41-43,45-48,50-51,53-55H,2-18,22-24,30-33,35-37H2,1H3,(H,49,52). The summed E-state index contributed by atoms with van der Waals surface area (Å²) in [6, 6.07) is 18.4. The first-order valence-electron chi connectivity index (χ1n) is 22.9. The zero-order chi connectivity index (χ0) is 41.6. The molecule has 0 saturated carbocycles. The van der Waals surface area contributed by atoms with Gasteiger partial charge in [0.05, 0.1) is 32.0 Å².